The molecule has 8 heteroatoms. The standard InChI is InChI=1S/C22H19BN2O5/c1-13-7-9-17(21(30-3)20(13)29-2)14-5-4-6-15(11-14)22(26)24-19-12-16(25(27)28)8-10-18(19)23/h4-12H,1-3H3,(H,24,26). The molecule has 0 spiro atoms. The number of non-ortho nitro benzene ring substituents is 1. The van der Waals surface area contributed by atoms with Gasteiger partial charge in [-0.1, -0.05) is 35.8 Å². The van der Waals surface area contributed by atoms with Crippen LogP contribution in [0.3, 0.4) is 0 Å². The highest BCUT2D eigenvalue weighted by molar-refractivity contribution is 6.36. The van der Waals surface area contributed by atoms with E-state index in [-0.39, 0.29) is 16.8 Å². The maximum atomic E-state index is 12.8. The van der Waals surface area contributed by atoms with Crippen molar-refractivity contribution in [1.82, 2.24) is 0 Å². The molecule has 0 aromatic heterocycles. The molecule has 30 heavy (non-hydrogen) atoms. The van der Waals surface area contributed by atoms with Gasteiger partial charge in [-0.2, -0.15) is 0 Å². The molecular weight excluding hydrogens is 383 g/mol. The lowest BCUT2D eigenvalue weighted by Gasteiger charge is -2.15. The zero-order valence-electron chi connectivity index (χ0n) is 16.8. The van der Waals surface area contributed by atoms with Crippen LogP contribution in [-0.2, 0) is 0 Å². The number of hydrogen-bond donors (Lipinski definition) is 1. The SMILES string of the molecule is [B]c1ccc([N+](=O)[O-])cc1NC(=O)c1cccc(-c2ccc(C)c(OC)c2OC)c1. The monoisotopic (exact) mass is 402 g/mol. The summed E-state index contributed by atoms with van der Waals surface area (Å²) >= 11 is 0. The van der Waals surface area contributed by atoms with Gasteiger partial charge in [0.1, 0.15) is 7.85 Å². The summed E-state index contributed by atoms with van der Waals surface area (Å²) < 4.78 is 11.0. The molecule has 0 aliphatic carbocycles. The Labute approximate surface area is 175 Å². The molecule has 3 aromatic rings. The van der Waals surface area contributed by atoms with E-state index < -0.39 is 10.8 Å². The summed E-state index contributed by atoms with van der Waals surface area (Å²) in [6.07, 6.45) is 0. The lowest BCUT2D eigenvalue weighted by molar-refractivity contribution is -0.384. The van der Waals surface area contributed by atoms with Crippen LogP contribution in [0.5, 0.6) is 11.5 Å². The van der Waals surface area contributed by atoms with Crippen molar-refractivity contribution in [2.75, 3.05) is 19.5 Å². The zero-order chi connectivity index (χ0) is 21.8. The van der Waals surface area contributed by atoms with Crippen molar-refractivity contribution in [3.05, 3.63) is 75.8 Å². The van der Waals surface area contributed by atoms with Crippen molar-refractivity contribution >= 4 is 30.6 Å². The first-order valence-corrected chi connectivity index (χ1v) is 9.03. The Morgan fingerprint density at radius 1 is 1.03 bits per heavy atom. The van der Waals surface area contributed by atoms with Crippen LogP contribution < -0.4 is 20.3 Å². The summed E-state index contributed by atoms with van der Waals surface area (Å²) in [7, 11) is 8.98. The zero-order valence-corrected chi connectivity index (χ0v) is 16.8. The topological polar surface area (TPSA) is 90.7 Å². The molecule has 0 atom stereocenters. The Kier molecular flexibility index (Phi) is 6.06. The van der Waals surface area contributed by atoms with E-state index in [1.54, 1.807) is 32.4 Å². The average Bonchev–Trinajstić information content (AvgIpc) is 2.74. The molecule has 0 aliphatic heterocycles. The fourth-order valence-electron chi connectivity index (χ4n) is 3.13. The minimum Gasteiger partial charge on any atom is -0.493 e. The number of nitrogens with zero attached hydrogens (tertiary/aromatic N) is 1. The fraction of sp³-hybridized carbons (Fsp3) is 0.136. The molecular formula is C22H19BN2O5. The summed E-state index contributed by atoms with van der Waals surface area (Å²) in [6, 6.07) is 14.6. The van der Waals surface area contributed by atoms with Crippen LogP contribution in [0.25, 0.3) is 11.1 Å². The molecule has 2 radical (unpaired) electrons. The number of nitrogens with one attached hydrogen (secondary N) is 1. The van der Waals surface area contributed by atoms with Gasteiger partial charge in [-0.05, 0) is 30.2 Å². The minimum absolute atomic E-state index is 0.162. The minimum atomic E-state index is -0.549. The molecule has 1 N–H and O–H groups in total. The molecule has 1 amide bonds. The molecule has 150 valence electrons. The van der Waals surface area contributed by atoms with Crippen LogP contribution in [0.1, 0.15) is 15.9 Å². The highest BCUT2D eigenvalue weighted by Gasteiger charge is 2.16. The van der Waals surface area contributed by atoms with E-state index in [1.807, 2.05) is 25.1 Å². The van der Waals surface area contributed by atoms with Crippen LogP contribution in [-0.4, -0.2) is 32.9 Å². The quantitative estimate of drug-likeness (QED) is 0.386. The molecule has 0 aliphatic rings. The first-order valence-electron chi connectivity index (χ1n) is 9.03. The second-order valence-corrected chi connectivity index (χ2v) is 6.56. The number of rotatable bonds is 6. The van der Waals surface area contributed by atoms with Crippen molar-refractivity contribution in [3.63, 3.8) is 0 Å². The molecule has 3 aromatic carbocycles. The third-order valence-electron chi connectivity index (χ3n) is 4.65. The van der Waals surface area contributed by atoms with Crippen LogP contribution in [0, 0.1) is 17.0 Å². The Balaban J connectivity index is 1.96. The predicted molar refractivity (Wildman–Crippen MR) is 116 cm³/mol. The van der Waals surface area contributed by atoms with Gasteiger partial charge >= 0.3 is 0 Å². The molecule has 0 bridgehead atoms. The fourth-order valence-corrected chi connectivity index (χ4v) is 3.13. The summed E-state index contributed by atoms with van der Waals surface area (Å²) in [5.41, 5.74) is 3.05. The predicted octanol–water partition coefficient (Wildman–Crippen LogP) is 3.63. The van der Waals surface area contributed by atoms with E-state index in [1.165, 1.54) is 18.2 Å². The Morgan fingerprint density at radius 2 is 1.77 bits per heavy atom. The van der Waals surface area contributed by atoms with E-state index >= 15 is 0 Å². The summed E-state index contributed by atoms with van der Waals surface area (Å²) in [4.78, 5) is 23.2. The number of benzene rings is 3. The first kappa shape index (κ1) is 20.9. The van der Waals surface area contributed by atoms with Crippen molar-refractivity contribution in [1.29, 1.82) is 0 Å². The van der Waals surface area contributed by atoms with Crippen LogP contribution >= 0.6 is 0 Å². The third-order valence-corrected chi connectivity index (χ3v) is 4.65. The maximum Gasteiger partial charge on any atom is 0.271 e. The van der Waals surface area contributed by atoms with E-state index in [0.717, 1.165) is 16.7 Å². The highest BCUT2D eigenvalue weighted by atomic mass is 16.6. The molecule has 3 rings (SSSR count). The van der Waals surface area contributed by atoms with Crippen molar-refractivity contribution in [2.45, 2.75) is 6.92 Å². The summed E-state index contributed by atoms with van der Waals surface area (Å²) in [5, 5.41) is 13.6. The van der Waals surface area contributed by atoms with E-state index in [9.17, 15) is 14.9 Å². The van der Waals surface area contributed by atoms with E-state index in [0.29, 0.717) is 17.1 Å². The van der Waals surface area contributed by atoms with Gasteiger partial charge in [0.25, 0.3) is 11.6 Å². The number of anilines is 1. The van der Waals surface area contributed by atoms with Gasteiger partial charge < -0.3 is 14.8 Å². The number of amides is 1. The molecule has 0 heterocycles. The molecule has 0 fully saturated rings. The second-order valence-electron chi connectivity index (χ2n) is 6.56. The van der Waals surface area contributed by atoms with Gasteiger partial charge in [0.2, 0.25) is 0 Å². The number of methoxy groups -OCH3 is 2. The van der Waals surface area contributed by atoms with Gasteiger partial charge in [0.15, 0.2) is 11.5 Å². The molecule has 0 saturated carbocycles. The number of aryl methyl sites for hydroxylation is 1. The van der Waals surface area contributed by atoms with Gasteiger partial charge in [-0.25, -0.2) is 0 Å². The number of nitro groups is 1. The van der Waals surface area contributed by atoms with Crippen LogP contribution in [0.2, 0.25) is 0 Å². The van der Waals surface area contributed by atoms with Gasteiger partial charge in [-0.3, -0.25) is 14.9 Å². The van der Waals surface area contributed by atoms with Gasteiger partial charge in [-0.15, -0.1) is 0 Å². The Bertz CT molecular complexity index is 1130. The summed E-state index contributed by atoms with van der Waals surface area (Å²) in [6.45, 7) is 1.92. The van der Waals surface area contributed by atoms with Gasteiger partial charge in [0.05, 0.1) is 19.1 Å². The van der Waals surface area contributed by atoms with E-state index in [4.69, 9.17) is 17.3 Å². The van der Waals surface area contributed by atoms with Crippen molar-refractivity contribution < 1.29 is 19.2 Å². The summed E-state index contributed by atoms with van der Waals surface area (Å²) in [5.74, 6) is 0.745. The van der Waals surface area contributed by atoms with Gasteiger partial charge in [0, 0.05) is 28.9 Å². The average molecular weight is 402 g/mol. The Hall–Kier alpha value is -3.81. The number of carbonyl (C=O) groups is 1. The highest BCUT2D eigenvalue weighted by Crippen LogP contribution is 2.40. The van der Waals surface area contributed by atoms with Crippen LogP contribution in [0.4, 0.5) is 11.4 Å². The molecule has 0 unspecified atom stereocenters. The number of nitro benzene ring substituents is 1. The van der Waals surface area contributed by atoms with Crippen LogP contribution in [0.15, 0.2) is 54.6 Å². The second kappa shape index (κ2) is 8.69. The largest absolute Gasteiger partial charge is 0.493 e. The molecule has 0 saturated heterocycles. The normalized spacial score (nSPS) is 10.4. The smallest absolute Gasteiger partial charge is 0.271 e. The van der Waals surface area contributed by atoms with Crippen molar-refractivity contribution in [3.8, 4) is 22.6 Å². The maximum absolute atomic E-state index is 12.8. The number of carbonyl (C=O) groups excluding carboxylic acids is 1. The first-order chi connectivity index (χ1) is 14.3. The lowest BCUT2D eigenvalue weighted by Crippen LogP contribution is -2.19. The number of ether oxygens (including phenoxy) is 2. The number of hydrogen-bond acceptors (Lipinski definition) is 5. The Morgan fingerprint density at radius 3 is 2.43 bits per heavy atom. The molecule has 7 nitrogen and oxygen atoms in total. The van der Waals surface area contributed by atoms with E-state index in [2.05, 4.69) is 5.32 Å². The van der Waals surface area contributed by atoms with Crippen molar-refractivity contribution in [2.24, 2.45) is 0 Å². The third kappa shape index (κ3) is 4.12. The lowest BCUT2D eigenvalue weighted by atomic mass is 9.93.